The Bertz CT molecular complexity index is 443. The molecule has 16 heavy (non-hydrogen) atoms. The Morgan fingerprint density at radius 3 is 2.44 bits per heavy atom. The number of anilines is 1. The maximum absolute atomic E-state index is 4.23. The van der Waals surface area contributed by atoms with Crippen LogP contribution in [0.15, 0.2) is 42.6 Å². The Kier molecular flexibility index (Phi) is 3.20. The molecular weight excluding hydrogens is 196 g/mol. The molecule has 2 aromatic rings. The van der Waals surface area contributed by atoms with Gasteiger partial charge in [0.1, 0.15) is 5.82 Å². The molecule has 0 saturated carbocycles. The third-order valence-electron chi connectivity index (χ3n) is 2.42. The first-order valence-electron chi connectivity index (χ1n) is 5.46. The first kappa shape index (κ1) is 10.7. The predicted octanol–water partition coefficient (Wildman–Crippen LogP) is 3.31. The van der Waals surface area contributed by atoms with E-state index in [0.717, 1.165) is 12.4 Å². The zero-order chi connectivity index (χ0) is 11.4. The summed E-state index contributed by atoms with van der Waals surface area (Å²) in [5.41, 5.74) is 3.90. The first-order valence-corrected chi connectivity index (χ1v) is 5.46. The molecule has 0 fully saturated rings. The van der Waals surface area contributed by atoms with Crippen LogP contribution in [0.5, 0.6) is 0 Å². The summed E-state index contributed by atoms with van der Waals surface area (Å²) in [6.07, 6.45) is 1.80. The second-order valence-corrected chi connectivity index (χ2v) is 4.06. The Hall–Kier alpha value is -1.83. The maximum Gasteiger partial charge on any atom is 0.126 e. The van der Waals surface area contributed by atoms with Crippen molar-refractivity contribution in [1.29, 1.82) is 0 Å². The molecule has 0 bridgehead atoms. The second-order valence-electron chi connectivity index (χ2n) is 4.06. The third-order valence-corrected chi connectivity index (χ3v) is 2.42. The number of pyridine rings is 1. The molecule has 0 amide bonds. The van der Waals surface area contributed by atoms with E-state index in [4.69, 9.17) is 0 Å². The lowest BCUT2D eigenvalue weighted by atomic mass is 10.1. The summed E-state index contributed by atoms with van der Waals surface area (Å²) in [6, 6.07) is 12.5. The van der Waals surface area contributed by atoms with Gasteiger partial charge in [-0.25, -0.2) is 4.98 Å². The first-order chi connectivity index (χ1) is 7.74. The molecule has 82 valence electrons. The zero-order valence-corrected chi connectivity index (χ0v) is 9.70. The number of benzene rings is 1. The van der Waals surface area contributed by atoms with Crippen LogP contribution < -0.4 is 5.32 Å². The standard InChI is InChI=1S/C14H16N2/c1-11-7-12(2)9-13(8-11)10-16-14-5-3-4-6-15-14/h3-9H,10H2,1-2H3,(H,15,16). The van der Waals surface area contributed by atoms with Gasteiger partial charge in [0.25, 0.3) is 0 Å². The lowest BCUT2D eigenvalue weighted by molar-refractivity contribution is 1.10. The zero-order valence-electron chi connectivity index (χ0n) is 9.70. The van der Waals surface area contributed by atoms with E-state index in [0.29, 0.717) is 0 Å². The van der Waals surface area contributed by atoms with Gasteiger partial charge in [-0.2, -0.15) is 0 Å². The van der Waals surface area contributed by atoms with Gasteiger partial charge in [0.2, 0.25) is 0 Å². The highest BCUT2D eigenvalue weighted by Gasteiger charge is 1.96. The van der Waals surface area contributed by atoms with Crippen LogP contribution in [-0.4, -0.2) is 4.98 Å². The van der Waals surface area contributed by atoms with E-state index in [2.05, 4.69) is 42.3 Å². The Morgan fingerprint density at radius 2 is 1.81 bits per heavy atom. The van der Waals surface area contributed by atoms with Gasteiger partial charge in [0.15, 0.2) is 0 Å². The lowest BCUT2D eigenvalue weighted by Crippen LogP contribution is -2.01. The molecule has 1 heterocycles. The smallest absolute Gasteiger partial charge is 0.126 e. The number of nitrogens with zero attached hydrogens (tertiary/aromatic N) is 1. The van der Waals surface area contributed by atoms with E-state index >= 15 is 0 Å². The number of hydrogen-bond donors (Lipinski definition) is 1. The highest BCUT2D eigenvalue weighted by Crippen LogP contribution is 2.10. The van der Waals surface area contributed by atoms with Crippen molar-refractivity contribution < 1.29 is 0 Å². The van der Waals surface area contributed by atoms with Crippen molar-refractivity contribution in [2.45, 2.75) is 20.4 Å². The number of rotatable bonds is 3. The van der Waals surface area contributed by atoms with Crippen LogP contribution in [0, 0.1) is 13.8 Å². The van der Waals surface area contributed by atoms with Crippen LogP contribution in [0.2, 0.25) is 0 Å². The molecule has 0 spiro atoms. The summed E-state index contributed by atoms with van der Waals surface area (Å²) >= 11 is 0. The number of aryl methyl sites for hydroxylation is 2. The van der Waals surface area contributed by atoms with Crippen molar-refractivity contribution in [3.63, 3.8) is 0 Å². The molecule has 0 saturated heterocycles. The minimum absolute atomic E-state index is 0.819. The lowest BCUT2D eigenvalue weighted by Gasteiger charge is -2.07. The van der Waals surface area contributed by atoms with Gasteiger partial charge in [0.05, 0.1) is 0 Å². The molecule has 0 aliphatic carbocycles. The molecule has 0 unspecified atom stereocenters. The summed E-state index contributed by atoms with van der Waals surface area (Å²) in [7, 11) is 0. The summed E-state index contributed by atoms with van der Waals surface area (Å²) in [6.45, 7) is 5.06. The van der Waals surface area contributed by atoms with Crippen LogP contribution in [0.4, 0.5) is 5.82 Å². The normalized spacial score (nSPS) is 10.1. The quantitative estimate of drug-likeness (QED) is 0.844. The average Bonchev–Trinajstić information content (AvgIpc) is 2.27. The molecule has 0 atom stereocenters. The summed E-state index contributed by atoms with van der Waals surface area (Å²) < 4.78 is 0. The third kappa shape index (κ3) is 2.83. The Balaban J connectivity index is 2.05. The van der Waals surface area contributed by atoms with Gasteiger partial charge in [-0.1, -0.05) is 35.4 Å². The largest absolute Gasteiger partial charge is 0.366 e. The van der Waals surface area contributed by atoms with Crippen LogP contribution in [-0.2, 0) is 6.54 Å². The maximum atomic E-state index is 4.23. The van der Waals surface area contributed by atoms with Gasteiger partial charge >= 0.3 is 0 Å². The van der Waals surface area contributed by atoms with E-state index < -0.39 is 0 Å². The van der Waals surface area contributed by atoms with E-state index in [1.165, 1.54) is 16.7 Å². The van der Waals surface area contributed by atoms with Gasteiger partial charge in [-0.15, -0.1) is 0 Å². The molecule has 1 aromatic carbocycles. The summed E-state index contributed by atoms with van der Waals surface area (Å²) in [4.78, 5) is 4.23. The fourth-order valence-electron chi connectivity index (χ4n) is 1.83. The van der Waals surface area contributed by atoms with Crippen molar-refractivity contribution in [3.8, 4) is 0 Å². The number of hydrogen-bond acceptors (Lipinski definition) is 2. The highest BCUT2D eigenvalue weighted by atomic mass is 15.0. The van der Waals surface area contributed by atoms with Gasteiger partial charge in [-0.3, -0.25) is 0 Å². The van der Waals surface area contributed by atoms with Crippen molar-refractivity contribution in [3.05, 3.63) is 59.3 Å². The molecule has 2 heteroatoms. The fourth-order valence-corrected chi connectivity index (χ4v) is 1.83. The molecule has 1 aromatic heterocycles. The van der Waals surface area contributed by atoms with Crippen molar-refractivity contribution in [2.75, 3.05) is 5.32 Å². The molecule has 0 aliphatic heterocycles. The molecule has 1 N–H and O–H groups in total. The average molecular weight is 212 g/mol. The van der Waals surface area contributed by atoms with Crippen LogP contribution >= 0.6 is 0 Å². The minimum Gasteiger partial charge on any atom is -0.366 e. The van der Waals surface area contributed by atoms with E-state index in [9.17, 15) is 0 Å². The van der Waals surface area contributed by atoms with Crippen molar-refractivity contribution in [2.24, 2.45) is 0 Å². The minimum atomic E-state index is 0.819. The fraction of sp³-hybridized carbons (Fsp3) is 0.214. The molecule has 0 radical (unpaired) electrons. The van der Waals surface area contributed by atoms with Crippen molar-refractivity contribution in [1.82, 2.24) is 4.98 Å². The number of nitrogens with one attached hydrogen (secondary N) is 1. The SMILES string of the molecule is Cc1cc(C)cc(CNc2ccccn2)c1. The molecule has 0 aliphatic rings. The van der Waals surface area contributed by atoms with Crippen LogP contribution in [0.1, 0.15) is 16.7 Å². The topological polar surface area (TPSA) is 24.9 Å². The van der Waals surface area contributed by atoms with Gasteiger partial charge < -0.3 is 5.32 Å². The van der Waals surface area contributed by atoms with E-state index in [-0.39, 0.29) is 0 Å². The van der Waals surface area contributed by atoms with Crippen LogP contribution in [0.25, 0.3) is 0 Å². The van der Waals surface area contributed by atoms with Gasteiger partial charge in [-0.05, 0) is 31.5 Å². The summed E-state index contributed by atoms with van der Waals surface area (Å²) in [5, 5.41) is 3.30. The summed E-state index contributed by atoms with van der Waals surface area (Å²) in [5.74, 6) is 0.918. The molecule has 2 nitrogen and oxygen atoms in total. The van der Waals surface area contributed by atoms with E-state index in [1.807, 2.05) is 18.2 Å². The van der Waals surface area contributed by atoms with Gasteiger partial charge in [0, 0.05) is 12.7 Å². The Morgan fingerprint density at radius 1 is 1.06 bits per heavy atom. The second kappa shape index (κ2) is 4.79. The predicted molar refractivity (Wildman–Crippen MR) is 67.5 cm³/mol. The molecule has 2 rings (SSSR count). The van der Waals surface area contributed by atoms with Crippen molar-refractivity contribution >= 4 is 5.82 Å². The molecular formula is C14H16N2. The monoisotopic (exact) mass is 212 g/mol. The Labute approximate surface area is 96.4 Å². The van der Waals surface area contributed by atoms with E-state index in [1.54, 1.807) is 6.20 Å². The number of aromatic nitrogens is 1. The highest BCUT2D eigenvalue weighted by molar-refractivity contribution is 5.36. The van der Waals surface area contributed by atoms with Crippen LogP contribution in [0.3, 0.4) is 0 Å².